The van der Waals surface area contributed by atoms with Gasteiger partial charge in [0.05, 0.1) is 13.4 Å². The van der Waals surface area contributed by atoms with Gasteiger partial charge in [0.15, 0.2) is 5.76 Å². The quantitative estimate of drug-likeness (QED) is 0.336. The first-order chi connectivity index (χ1) is 17.1. The zero-order chi connectivity index (χ0) is 24.6. The van der Waals surface area contributed by atoms with E-state index < -0.39 is 0 Å². The van der Waals surface area contributed by atoms with Gasteiger partial charge in [0, 0.05) is 42.3 Å². The van der Waals surface area contributed by atoms with E-state index in [0.717, 1.165) is 34.2 Å². The normalized spacial score (nSPS) is 10.9. The Morgan fingerprint density at radius 2 is 1.74 bits per heavy atom. The van der Waals surface area contributed by atoms with Crippen molar-refractivity contribution in [2.45, 2.75) is 26.3 Å². The summed E-state index contributed by atoms with van der Waals surface area (Å²) in [6.45, 7) is 3.33. The van der Waals surface area contributed by atoms with E-state index in [1.54, 1.807) is 29.0 Å². The number of para-hydroxylation sites is 2. The van der Waals surface area contributed by atoms with Crippen molar-refractivity contribution in [1.29, 1.82) is 0 Å². The molecule has 2 amide bonds. The molecule has 2 aromatic heterocycles. The first-order valence-electron chi connectivity index (χ1n) is 11.9. The van der Waals surface area contributed by atoms with E-state index >= 15 is 0 Å². The Morgan fingerprint density at radius 1 is 0.943 bits per heavy atom. The SMILES string of the molecule is CCCN(CC(=O)N(CCc1c[nH]c2ccccc12)Cc1ccccc1OC)C(=O)c1ccco1. The summed E-state index contributed by atoms with van der Waals surface area (Å²) in [4.78, 5) is 33.2. The third-order valence-electron chi connectivity index (χ3n) is 6.07. The maximum atomic E-state index is 13.6. The van der Waals surface area contributed by atoms with Crippen LogP contribution in [0.25, 0.3) is 10.9 Å². The molecule has 4 rings (SSSR count). The Labute approximate surface area is 205 Å². The molecule has 0 spiro atoms. The smallest absolute Gasteiger partial charge is 0.290 e. The molecule has 0 aliphatic rings. The number of aromatic nitrogens is 1. The summed E-state index contributed by atoms with van der Waals surface area (Å²) in [5.41, 5.74) is 3.14. The average Bonchev–Trinajstić information content (AvgIpc) is 3.56. The van der Waals surface area contributed by atoms with Gasteiger partial charge in [-0.15, -0.1) is 0 Å². The fraction of sp³-hybridized carbons (Fsp3) is 0.286. The number of amides is 2. The van der Waals surface area contributed by atoms with Gasteiger partial charge in [-0.3, -0.25) is 9.59 Å². The van der Waals surface area contributed by atoms with Crippen molar-refractivity contribution in [2.24, 2.45) is 0 Å². The third-order valence-corrected chi connectivity index (χ3v) is 6.07. The van der Waals surface area contributed by atoms with Gasteiger partial charge < -0.3 is 23.9 Å². The molecule has 0 saturated heterocycles. The van der Waals surface area contributed by atoms with Crippen LogP contribution in [0.1, 0.15) is 35.0 Å². The Morgan fingerprint density at radius 3 is 2.51 bits per heavy atom. The van der Waals surface area contributed by atoms with Gasteiger partial charge in [-0.1, -0.05) is 43.3 Å². The van der Waals surface area contributed by atoms with Gasteiger partial charge in [-0.05, 0) is 42.7 Å². The maximum Gasteiger partial charge on any atom is 0.290 e. The molecule has 0 aliphatic carbocycles. The molecule has 0 bridgehead atoms. The molecule has 4 aromatic rings. The summed E-state index contributed by atoms with van der Waals surface area (Å²) < 4.78 is 10.8. The second-order valence-electron chi connectivity index (χ2n) is 8.44. The summed E-state index contributed by atoms with van der Waals surface area (Å²) in [7, 11) is 1.63. The van der Waals surface area contributed by atoms with Crippen molar-refractivity contribution in [1.82, 2.24) is 14.8 Å². The molecule has 35 heavy (non-hydrogen) atoms. The van der Waals surface area contributed by atoms with E-state index in [0.29, 0.717) is 26.1 Å². The van der Waals surface area contributed by atoms with E-state index in [-0.39, 0.29) is 24.1 Å². The second-order valence-corrected chi connectivity index (χ2v) is 8.44. The van der Waals surface area contributed by atoms with Crippen LogP contribution in [-0.4, -0.2) is 53.3 Å². The summed E-state index contributed by atoms with van der Waals surface area (Å²) in [6, 6.07) is 19.1. The van der Waals surface area contributed by atoms with Crippen LogP contribution >= 0.6 is 0 Å². The number of carbonyl (C=O) groups excluding carboxylic acids is 2. The number of nitrogens with zero attached hydrogens (tertiary/aromatic N) is 2. The summed E-state index contributed by atoms with van der Waals surface area (Å²) in [5, 5.41) is 1.15. The zero-order valence-electron chi connectivity index (χ0n) is 20.2. The van der Waals surface area contributed by atoms with Crippen molar-refractivity contribution in [3.63, 3.8) is 0 Å². The standard InChI is InChI=1S/C28H31N3O4/c1-3-15-31(28(33)26-13-8-17-35-26)20-27(32)30(19-22-9-4-7-12-25(22)34-2)16-14-21-18-29-24-11-6-5-10-23(21)24/h4-13,17-18,29H,3,14-16,19-20H2,1-2H3. The summed E-state index contributed by atoms with van der Waals surface area (Å²) in [6.07, 6.45) is 4.89. The number of fused-ring (bicyclic) bond motifs is 1. The van der Waals surface area contributed by atoms with Crippen molar-refractivity contribution >= 4 is 22.7 Å². The first kappa shape index (κ1) is 24.1. The number of H-pyrrole nitrogens is 1. The predicted molar refractivity (Wildman–Crippen MR) is 135 cm³/mol. The summed E-state index contributed by atoms with van der Waals surface area (Å²) >= 11 is 0. The minimum atomic E-state index is -0.279. The Kier molecular flexibility index (Phi) is 7.88. The average molecular weight is 474 g/mol. The molecule has 182 valence electrons. The van der Waals surface area contributed by atoms with Crippen LogP contribution in [0, 0.1) is 0 Å². The van der Waals surface area contributed by atoms with E-state index in [4.69, 9.17) is 9.15 Å². The monoisotopic (exact) mass is 473 g/mol. The fourth-order valence-electron chi connectivity index (χ4n) is 4.27. The van der Waals surface area contributed by atoms with Gasteiger partial charge in [-0.25, -0.2) is 0 Å². The Bertz CT molecular complexity index is 1260. The zero-order valence-corrected chi connectivity index (χ0v) is 20.2. The molecule has 0 unspecified atom stereocenters. The molecular weight excluding hydrogens is 442 g/mol. The van der Waals surface area contributed by atoms with Crippen molar-refractivity contribution in [2.75, 3.05) is 26.7 Å². The van der Waals surface area contributed by atoms with Gasteiger partial charge in [0.25, 0.3) is 5.91 Å². The maximum absolute atomic E-state index is 13.6. The third kappa shape index (κ3) is 5.74. The number of aromatic amines is 1. The highest BCUT2D eigenvalue weighted by Gasteiger charge is 2.24. The number of ether oxygens (including phenoxy) is 1. The number of benzene rings is 2. The molecule has 7 heteroatoms. The molecule has 0 radical (unpaired) electrons. The minimum Gasteiger partial charge on any atom is -0.496 e. The van der Waals surface area contributed by atoms with Crippen molar-refractivity contribution in [3.8, 4) is 5.75 Å². The highest BCUT2D eigenvalue weighted by Crippen LogP contribution is 2.22. The van der Waals surface area contributed by atoms with E-state index in [9.17, 15) is 9.59 Å². The summed E-state index contributed by atoms with van der Waals surface area (Å²) in [5.74, 6) is 0.568. The number of methoxy groups -OCH3 is 1. The van der Waals surface area contributed by atoms with E-state index in [1.807, 2.05) is 55.6 Å². The molecule has 0 fully saturated rings. The number of nitrogens with one attached hydrogen (secondary N) is 1. The van der Waals surface area contributed by atoms with Gasteiger partial charge in [-0.2, -0.15) is 0 Å². The van der Waals surface area contributed by atoms with Crippen LogP contribution in [-0.2, 0) is 17.8 Å². The highest BCUT2D eigenvalue weighted by atomic mass is 16.5. The topological polar surface area (TPSA) is 78.8 Å². The molecular formula is C28H31N3O4. The van der Waals surface area contributed by atoms with Gasteiger partial charge in [0.2, 0.25) is 5.91 Å². The number of furan rings is 1. The van der Waals surface area contributed by atoms with E-state index in [2.05, 4.69) is 11.1 Å². The van der Waals surface area contributed by atoms with Crippen LogP contribution in [0.2, 0.25) is 0 Å². The van der Waals surface area contributed by atoms with E-state index in [1.165, 1.54) is 6.26 Å². The predicted octanol–water partition coefficient (Wildman–Crippen LogP) is 4.89. The van der Waals surface area contributed by atoms with Gasteiger partial charge in [0.1, 0.15) is 12.3 Å². The Balaban J connectivity index is 1.55. The molecule has 1 N–H and O–H groups in total. The van der Waals surface area contributed by atoms with Crippen LogP contribution in [0.3, 0.4) is 0 Å². The van der Waals surface area contributed by atoms with Crippen LogP contribution < -0.4 is 4.74 Å². The van der Waals surface area contributed by atoms with Crippen molar-refractivity contribution in [3.05, 3.63) is 90.0 Å². The van der Waals surface area contributed by atoms with Crippen LogP contribution in [0.5, 0.6) is 5.75 Å². The first-order valence-corrected chi connectivity index (χ1v) is 11.9. The number of hydrogen-bond acceptors (Lipinski definition) is 4. The second kappa shape index (κ2) is 11.4. The molecule has 0 saturated carbocycles. The molecule has 0 aliphatic heterocycles. The lowest BCUT2D eigenvalue weighted by atomic mass is 10.1. The number of carbonyl (C=O) groups is 2. The lowest BCUT2D eigenvalue weighted by Gasteiger charge is -2.28. The number of rotatable bonds is 11. The lowest BCUT2D eigenvalue weighted by molar-refractivity contribution is -0.132. The Hall–Kier alpha value is -4.00. The fourth-order valence-corrected chi connectivity index (χ4v) is 4.27. The van der Waals surface area contributed by atoms with Crippen LogP contribution in [0.15, 0.2) is 77.5 Å². The number of hydrogen-bond donors (Lipinski definition) is 1. The minimum absolute atomic E-state index is 0.0175. The lowest BCUT2D eigenvalue weighted by Crippen LogP contribution is -2.43. The largest absolute Gasteiger partial charge is 0.496 e. The molecule has 2 aromatic carbocycles. The molecule has 2 heterocycles. The highest BCUT2D eigenvalue weighted by molar-refractivity contribution is 5.94. The van der Waals surface area contributed by atoms with Crippen LogP contribution in [0.4, 0.5) is 0 Å². The molecule has 7 nitrogen and oxygen atoms in total. The van der Waals surface area contributed by atoms with Gasteiger partial charge >= 0.3 is 0 Å². The molecule has 0 atom stereocenters. The van der Waals surface area contributed by atoms with Crippen molar-refractivity contribution < 1.29 is 18.7 Å².